The average molecular weight is 235 g/mol. The van der Waals surface area contributed by atoms with Crippen molar-refractivity contribution in [1.29, 1.82) is 0 Å². The number of aliphatic hydroxyl groups excluding tert-OH is 1. The van der Waals surface area contributed by atoms with Gasteiger partial charge in [-0.05, 0) is 31.7 Å². The summed E-state index contributed by atoms with van der Waals surface area (Å²) in [5, 5.41) is 22.6. The fraction of sp³-hybridized carbons (Fsp3) is 0.571. The molecular weight excluding hydrogens is 214 g/mol. The Morgan fingerprint density at radius 3 is 2.82 bits per heavy atom. The van der Waals surface area contributed by atoms with Crippen molar-refractivity contribution >= 4 is 0 Å². The smallest absolute Gasteiger partial charge is 0.120 e. The first kappa shape index (κ1) is 12.4. The summed E-state index contributed by atoms with van der Waals surface area (Å²) in [6.07, 6.45) is 3.39. The van der Waals surface area contributed by atoms with Crippen molar-refractivity contribution in [2.24, 2.45) is 5.92 Å². The Bertz CT molecular complexity index is 367. The van der Waals surface area contributed by atoms with Crippen LogP contribution in [0.3, 0.4) is 0 Å². The van der Waals surface area contributed by atoms with Gasteiger partial charge >= 0.3 is 0 Å². The summed E-state index contributed by atoms with van der Waals surface area (Å²) in [4.78, 5) is 0. The third kappa shape index (κ3) is 2.79. The Morgan fingerprint density at radius 1 is 1.35 bits per heavy atom. The molecule has 94 valence electrons. The maximum Gasteiger partial charge on any atom is 0.120 e. The second-order valence-corrected chi connectivity index (χ2v) is 4.93. The first-order valence-electron chi connectivity index (χ1n) is 6.37. The van der Waals surface area contributed by atoms with Gasteiger partial charge in [0.2, 0.25) is 0 Å². The molecule has 1 aliphatic rings. The van der Waals surface area contributed by atoms with Crippen molar-refractivity contribution in [2.75, 3.05) is 6.61 Å². The molecule has 1 aromatic rings. The molecule has 3 heteroatoms. The molecule has 1 saturated carbocycles. The predicted octanol–water partition coefficient (Wildman–Crippen LogP) is 2.20. The molecule has 0 radical (unpaired) electrons. The zero-order chi connectivity index (χ0) is 12.3. The highest BCUT2D eigenvalue weighted by Gasteiger charge is 2.28. The van der Waals surface area contributed by atoms with Crippen molar-refractivity contribution in [2.45, 2.75) is 38.3 Å². The first-order chi connectivity index (χ1) is 8.22. The standard InChI is InChI=1S/C14H21NO2/c1-10(12-6-2-3-8-14(12)17)15-13-7-4-5-11(13)9-16/h2-3,6,8,10-11,13,15-17H,4-5,7,9H2,1H3. The quantitative estimate of drug-likeness (QED) is 0.750. The van der Waals surface area contributed by atoms with Crippen molar-refractivity contribution in [3.05, 3.63) is 29.8 Å². The minimum absolute atomic E-state index is 0.119. The Kier molecular flexibility index (Phi) is 4.02. The average Bonchev–Trinajstić information content (AvgIpc) is 2.76. The SMILES string of the molecule is CC(NC1CCCC1CO)c1ccccc1O. The van der Waals surface area contributed by atoms with E-state index in [2.05, 4.69) is 12.2 Å². The van der Waals surface area contributed by atoms with Crippen LogP contribution in [-0.2, 0) is 0 Å². The van der Waals surface area contributed by atoms with Crippen LogP contribution in [0, 0.1) is 5.92 Å². The summed E-state index contributed by atoms with van der Waals surface area (Å²) in [7, 11) is 0. The molecule has 0 aromatic heterocycles. The van der Waals surface area contributed by atoms with Crippen LogP contribution in [0.15, 0.2) is 24.3 Å². The number of rotatable bonds is 4. The molecule has 1 fully saturated rings. The van der Waals surface area contributed by atoms with E-state index in [4.69, 9.17) is 0 Å². The summed E-state index contributed by atoms with van der Waals surface area (Å²) in [5.74, 6) is 0.703. The molecule has 0 aliphatic heterocycles. The van der Waals surface area contributed by atoms with Gasteiger partial charge in [0.05, 0.1) is 0 Å². The van der Waals surface area contributed by atoms with Crippen molar-refractivity contribution in [1.82, 2.24) is 5.32 Å². The fourth-order valence-electron chi connectivity index (χ4n) is 2.74. The number of benzene rings is 1. The van der Waals surface area contributed by atoms with Crippen LogP contribution in [0.5, 0.6) is 5.75 Å². The molecule has 3 atom stereocenters. The summed E-state index contributed by atoms with van der Waals surface area (Å²) in [6.45, 7) is 2.31. The van der Waals surface area contributed by atoms with E-state index in [1.54, 1.807) is 6.07 Å². The van der Waals surface area contributed by atoms with Crippen LogP contribution in [0.4, 0.5) is 0 Å². The number of phenolic OH excluding ortho intramolecular Hbond substituents is 1. The highest BCUT2D eigenvalue weighted by Crippen LogP contribution is 2.29. The number of hydrogen-bond acceptors (Lipinski definition) is 3. The van der Waals surface area contributed by atoms with Gasteiger partial charge in [-0.25, -0.2) is 0 Å². The van der Waals surface area contributed by atoms with Gasteiger partial charge in [-0.1, -0.05) is 24.6 Å². The van der Waals surface area contributed by atoms with Crippen LogP contribution in [0.2, 0.25) is 0 Å². The minimum atomic E-state index is 0.119. The molecule has 0 spiro atoms. The number of para-hydroxylation sites is 1. The maximum absolute atomic E-state index is 9.79. The summed E-state index contributed by atoms with van der Waals surface area (Å²) >= 11 is 0. The third-order valence-corrected chi connectivity index (χ3v) is 3.76. The molecule has 1 aromatic carbocycles. The molecule has 0 saturated heterocycles. The summed E-state index contributed by atoms with van der Waals surface area (Å²) in [5.41, 5.74) is 0.927. The van der Waals surface area contributed by atoms with E-state index in [0.717, 1.165) is 18.4 Å². The second-order valence-electron chi connectivity index (χ2n) is 4.93. The van der Waals surface area contributed by atoms with Gasteiger partial charge in [0.15, 0.2) is 0 Å². The topological polar surface area (TPSA) is 52.5 Å². The number of aliphatic hydroxyl groups is 1. The lowest BCUT2D eigenvalue weighted by atomic mass is 10.0. The monoisotopic (exact) mass is 235 g/mol. The number of aromatic hydroxyl groups is 1. The predicted molar refractivity (Wildman–Crippen MR) is 67.9 cm³/mol. The molecule has 3 N–H and O–H groups in total. The molecule has 1 aliphatic carbocycles. The molecule has 17 heavy (non-hydrogen) atoms. The lowest BCUT2D eigenvalue weighted by molar-refractivity contribution is 0.200. The maximum atomic E-state index is 9.79. The first-order valence-corrected chi connectivity index (χ1v) is 6.37. The summed E-state index contributed by atoms with van der Waals surface area (Å²) < 4.78 is 0. The Labute approximate surface area is 102 Å². The van der Waals surface area contributed by atoms with Crippen molar-refractivity contribution in [3.63, 3.8) is 0 Å². The lowest BCUT2D eigenvalue weighted by Gasteiger charge is -2.24. The van der Waals surface area contributed by atoms with E-state index in [0.29, 0.717) is 17.7 Å². The lowest BCUT2D eigenvalue weighted by Crippen LogP contribution is -2.35. The highest BCUT2D eigenvalue weighted by molar-refractivity contribution is 5.34. The van der Waals surface area contributed by atoms with E-state index < -0.39 is 0 Å². The molecule has 0 bridgehead atoms. The van der Waals surface area contributed by atoms with Gasteiger partial charge in [-0.2, -0.15) is 0 Å². The van der Waals surface area contributed by atoms with Gasteiger partial charge < -0.3 is 15.5 Å². The molecule has 3 unspecified atom stereocenters. The van der Waals surface area contributed by atoms with E-state index in [1.807, 2.05) is 18.2 Å². The summed E-state index contributed by atoms with van der Waals surface area (Å²) in [6, 6.07) is 7.91. The van der Waals surface area contributed by atoms with E-state index in [-0.39, 0.29) is 12.6 Å². The molecule has 2 rings (SSSR count). The van der Waals surface area contributed by atoms with Crippen LogP contribution >= 0.6 is 0 Å². The van der Waals surface area contributed by atoms with Crippen LogP contribution in [-0.4, -0.2) is 22.9 Å². The Morgan fingerprint density at radius 2 is 2.12 bits per heavy atom. The molecular formula is C14H21NO2. The number of phenols is 1. The zero-order valence-corrected chi connectivity index (χ0v) is 10.3. The second kappa shape index (κ2) is 5.52. The van der Waals surface area contributed by atoms with Crippen LogP contribution in [0.25, 0.3) is 0 Å². The van der Waals surface area contributed by atoms with Gasteiger partial charge in [-0.3, -0.25) is 0 Å². The largest absolute Gasteiger partial charge is 0.508 e. The van der Waals surface area contributed by atoms with Crippen LogP contribution < -0.4 is 5.32 Å². The van der Waals surface area contributed by atoms with Crippen molar-refractivity contribution < 1.29 is 10.2 Å². The molecule has 0 heterocycles. The van der Waals surface area contributed by atoms with Crippen molar-refractivity contribution in [3.8, 4) is 5.75 Å². The van der Waals surface area contributed by atoms with Gasteiger partial charge in [0.25, 0.3) is 0 Å². The van der Waals surface area contributed by atoms with Crippen LogP contribution in [0.1, 0.15) is 37.8 Å². The van der Waals surface area contributed by atoms with E-state index in [1.165, 1.54) is 6.42 Å². The number of hydrogen-bond donors (Lipinski definition) is 3. The minimum Gasteiger partial charge on any atom is -0.508 e. The molecule has 0 amide bonds. The third-order valence-electron chi connectivity index (χ3n) is 3.76. The van der Waals surface area contributed by atoms with Gasteiger partial charge in [0.1, 0.15) is 5.75 Å². The van der Waals surface area contributed by atoms with Gasteiger partial charge in [-0.15, -0.1) is 0 Å². The Balaban J connectivity index is 2.01. The Hall–Kier alpha value is -1.06. The normalized spacial score (nSPS) is 26.0. The van der Waals surface area contributed by atoms with Gasteiger partial charge in [0, 0.05) is 24.3 Å². The van der Waals surface area contributed by atoms with E-state index >= 15 is 0 Å². The number of nitrogens with one attached hydrogen (secondary N) is 1. The van der Waals surface area contributed by atoms with E-state index in [9.17, 15) is 10.2 Å². The highest BCUT2D eigenvalue weighted by atomic mass is 16.3. The zero-order valence-electron chi connectivity index (χ0n) is 10.3. The fourth-order valence-corrected chi connectivity index (χ4v) is 2.74. The molecule has 3 nitrogen and oxygen atoms in total.